The van der Waals surface area contributed by atoms with E-state index in [1.54, 1.807) is 0 Å². The Bertz CT molecular complexity index is 467. The second kappa shape index (κ2) is 7.17. The lowest BCUT2D eigenvalue weighted by Gasteiger charge is -2.10. The van der Waals surface area contributed by atoms with Crippen molar-refractivity contribution in [1.82, 2.24) is 15.5 Å². The fourth-order valence-electron chi connectivity index (χ4n) is 3.00. The Kier molecular flexibility index (Phi) is 5.03. The fourth-order valence-corrected chi connectivity index (χ4v) is 3.85. The van der Waals surface area contributed by atoms with Crippen molar-refractivity contribution >= 4 is 22.5 Å². The van der Waals surface area contributed by atoms with E-state index in [1.807, 2.05) is 0 Å². The van der Waals surface area contributed by atoms with Gasteiger partial charge in [-0.05, 0) is 18.8 Å². The number of urea groups is 1. The molecule has 1 aromatic heterocycles. The molecule has 7 heteroatoms. The highest BCUT2D eigenvalue weighted by Crippen LogP contribution is 2.29. The van der Waals surface area contributed by atoms with Crippen LogP contribution in [0.3, 0.4) is 0 Å². The molecule has 1 aromatic rings. The summed E-state index contributed by atoms with van der Waals surface area (Å²) < 4.78 is 5.46. The molecule has 0 aromatic carbocycles. The number of amides is 2. The van der Waals surface area contributed by atoms with Crippen molar-refractivity contribution in [2.24, 2.45) is 5.92 Å². The first-order valence-electron chi connectivity index (χ1n) is 7.78. The fraction of sp³-hybridized carbons (Fsp3) is 0.786. The highest BCUT2D eigenvalue weighted by molar-refractivity contribution is 7.15. The van der Waals surface area contributed by atoms with Gasteiger partial charge in [0.15, 0.2) is 0 Å². The summed E-state index contributed by atoms with van der Waals surface area (Å²) >= 11 is 1.48. The van der Waals surface area contributed by atoms with Crippen molar-refractivity contribution in [3.8, 4) is 0 Å². The van der Waals surface area contributed by atoms with Crippen LogP contribution in [0.5, 0.6) is 0 Å². The largest absolute Gasteiger partial charge is 0.376 e. The average Bonchev–Trinajstić information content (AvgIpc) is 3.19. The van der Waals surface area contributed by atoms with Crippen molar-refractivity contribution in [1.29, 1.82) is 0 Å². The van der Waals surface area contributed by atoms with Gasteiger partial charge in [0.1, 0.15) is 5.01 Å². The van der Waals surface area contributed by atoms with E-state index in [1.165, 1.54) is 37.0 Å². The average molecular weight is 310 g/mol. The molecule has 1 saturated heterocycles. The smallest absolute Gasteiger partial charge is 0.321 e. The van der Waals surface area contributed by atoms with Crippen LogP contribution in [0.2, 0.25) is 0 Å². The standard InChI is InChI=1S/C14H22N4O2S/c19-13(15-9-11-6-3-7-20-11)16-14-18-17-12(21-14)8-10-4-1-2-5-10/h10-11H,1-9H2,(H2,15,16,18,19). The van der Waals surface area contributed by atoms with E-state index in [9.17, 15) is 4.79 Å². The van der Waals surface area contributed by atoms with E-state index in [0.29, 0.717) is 11.7 Å². The molecule has 0 radical (unpaired) electrons. The molecule has 2 N–H and O–H groups in total. The lowest BCUT2D eigenvalue weighted by atomic mass is 10.1. The number of nitrogens with zero attached hydrogens (tertiary/aromatic N) is 2. The summed E-state index contributed by atoms with van der Waals surface area (Å²) in [6, 6.07) is -0.228. The minimum Gasteiger partial charge on any atom is -0.376 e. The molecule has 1 aliphatic carbocycles. The molecule has 3 rings (SSSR count). The summed E-state index contributed by atoms with van der Waals surface area (Å²) in [6.07, 6.45) is 8.51. The molecule has 2 amide bonds. The summed E-state index contributed by atoms with van der Waals surface area (Å²) in [5.74, 6) is 0.749. The molecule has 2 aliphatic rings. The summed E-state index contributed by atoms with van der Waals surface area (Å²) in [4.78, 5) is 11.8. The van der Waals surface area contributed by atoms with Gasteiger partial charge in [-0.2, -0.15) is 0 Å². The van der Waals surface area contributed by atoms with Gasteiger partial charge >= 0.3 is 6.03 Å². The summed E-state index contributed by atoms with van der Waals surface area (Å²) in [6.45, 7) is 1.36. The zero-order valence-electron chi connectivity index (χ0n) is 12.1. The molecule has 1 atom stereocenters. The third-order valence-electron chi connectivity index (χ3n) is 4.14. The van der Waals surface area contributed by atoms with Crippen LogP contribution in [0, 0.1) is 5.92 Å². The molecule has 2 fully saturated rings. The molecule has 116 valence electrons. The van der Waals surface area contributed by atoms with Gasteiger partial charge < -0.3 is 10.1 Å². The molecule has 6 nitrogen and oxygen atoms in total. The number of hydrogen-bond acceptors (Lipinski definition) is 5. The van der Waals surface area contributed by atoms with Crippen molar-refractivity contribution in [2.75, 3.05) is 18.5 Å². The highest BCUT2D eigenvalue weighted by atomic mass is 32.1. The Morgan fingerprint density at radius 2 is 2.10 bits per heavy atom. The third kappa shape index (κ3) is 4.38. The molecule has 1 saturated carbocycles. The van der Waals surface area contributed by atoms with Crippen molar-refractivity contribution < 1.29 is 9.53 Å². The lowest BCUT2D eigenvalue weighted by Crippen LogP contribution is -2.34. The quantitative estimate of drug-likeness (QED) is 0.876. The maximum Gasteiger partial charge on any atom is 0.321 e. The van der Waals surface area contributed by atoms with Gasteiger partial charge in [0.25, 0.3) is 0 Å². The molecule has 21 heavy (non-hydrogen) atoms. The van der Waals surface area contributed by atoms with Gasteiger partial charge in [-0.15, -0.1) is 10.2 Å². The van der Waals surface area contributed by atoms with Crippen LogP contribution in [0.25, 0.3) is 0 Å². The Morgan fingerprint density at radius 1 is 1.24 bits per heavy atom. The van der Waals surface area contributed by atoms with Gasteiger partial charge in [-0.25, -0.2) is 4.79 Å². The minimum atomic E-state index is -0.228. The summed E-state index contributed by atoms with van der Waals surface area (Å²) in [5, 5.41) is 15.4. The number of anilines is 1. The number of hydrogen-bond donors (Lipinski definition) is 2. The van der Waals surface area contributed by atoms with Crippen molar-refractivity contribution in [3.05, 3.63) is 5.01 Å². The molecule has 1 unspecified atom stereocenters. The van der Waals surface area contributed by atoms with Gasteiger partial charge in [0, 0.05) is 19.6 Å². The first kappa shape index (κ1) is 14.7. The minimum absolute atomic E-state index is 0.156. The molecule has 2 heterocycles. The zero-order chi connectivity index (χ0) is 14.5. The van der Waals surface area contributed by atoms with E-state index in [-0.39, 0.29) is 12.1 Å². The number of aromatic nitrogens is 2. The monoisotopic (exact) mass is 310 g/mol. The van der Waals surface area contributed by atoms with Crippen LogP contribution in [0.4, 0.5) is 9.93 Å². The van der Waals surface area contributed by atoms with E-state index < -0.39 is 0 Å². The first-order valence-corrected chi connectivity index (χ1v) is 8.60. The van der Waals surface area contributed by atoms with Crippen molar-refractivity contribution in [2.45, 2.75) is 51.0 Å². The number of rotatable bonds is 5. The van der Waals surface area contributed by atoms with E-state index in [2.05, 4.69) is 20.8 Å². The maximum atomic E-state index is 11.8. The van der Waals surface area contributed by atoms with Crippen LogP contribution >= 0.6 is 11.3 Å². The van der Waals surface area contributed by atoms with Crippen LogP contribution in [-0.4, -0.2) is 35.5 Å². The normalized spacial score (nSPS) is 22.6. The molecular formula is C14H22N4O2S. The predicted molar refractivity (Wildman–Crippen MR) is 81.6 cm³/mol. The molecule has 0 spiro atoms. The number of ether oxygens (including phenoxy) is 1. The Hall–Kier alpha value is -1.21. The van der Waals surface area contributed by atoms with Gasteiger partial charge in [0.05, 0.1) is 6.10 Å². The van der Waals surface area contributed by atoms with Gasteiger partial charge in [-0.1, -0.05) is 37.0 Å². The van der Waals surface area contributed by atoms with Crippen LogP contribution in [-0.2, 0) is 11.2 Å². The first-order chi connectivity index (χ1) is 10.3. The SMILES string of the molecule is O=C(NCC1CCCO1)Nc1nnc(CC2CCCC2)s1. The topological polar surface area (TPSA) is 76.1 Å². The summed E-state index contributed by atoms with van der Waals surface area (Å²) in [5.41, 5.74) is 0. The Balaban J connectivity index is 1.41. The number of carbonyl (C=O) groups is 1. The van der Waals surface area contributed by atoms with Crippen LogP contribution in [0.1, 0.15) is 43.5 Å². The highest BCUT2D eigenvalue weighted by Gasteiger charge is 2.19. The van der Waals surface area contributed by atoms with E-state index in [4.69, 9.17) is 4.74 Å². The maximum absolute atomic E-state index is 11.8. The summed E-state index contributed by atoms with van der Waals surface area (Å²) in [7, 11) is 0. The van der Waals surface area contributed by atoms with Crippen molar-refractivity contribution in [3.63, 3.8) is 0 Å². The van der Waals surface area contributed by atoms with Crippen LogP contribution < -0.4 is 10.6 Å². The third-order valence-corrected chi connectivity index (χ3v) is 5.00. The number of nitrogens with one attached hydrogen (secondary N) is 2. The zero-order valence-corrected chi connectivity index (χ0v) is 13.0. The molecular weight excluding hydrogens is 288 g/mol. The predicted octanol–water partition coefficient (Wildman–Crippen LogP) is 2.57. The van der Waals surface area contributed by atoms with E-state index in [0.717, 1.165) is 36.8 Å². The molecule has 0 bridgehead atoms. The van der Waals surface area contributed by atoms with Gasteiger partial charge in [0.2, 0.25) is 5.13 Å². The van der Waals surface area contributed by atoms with Crippen LogP contribution in [0.15, 0.2) is 0 Å². The Morgan fingerprint density at radius 3 is 2.86 bits per heavy atom. The lowest BCUT2D eigenvalue weighted by molar-refractivity contribution is 0.112. The number of carbonyl (C=O) groups excluding carboxylic acids is 1. The molecule has 1 aliphatic heterocycles. The van der Waals surface area contributed by atoms with E-state index >= 15 is 0 Å². The van der Waals surface area contributed by atoms with Gasteiger partial charge in [-0.3, -0.25) is 5.32 Å². The second-order valence-electron chi connectivity index (χ2n) is 5.83. The second-order valence-corrected chi connectivity index (χ2v) is 6.89. The Labute approximate surface area is 128 Å².